The monoisotopic (exact) mass is 185 g/mol. The Balaban J connectivity index is 2.56. The SMILES string of the molecule is NCCSc1cccc(S)c1. The average Bonchev–Trinajstić information content (AvgIpc) is 2.01. The molecule has 3 heteroatoms. The number of thioether (sulfide) groups is 1. The first-order valence-electron chi connectivity index (χ1n) is 3.45. The summed E-state index contributed by atoms with van der Waals surface area (Å²) in [5.41, 5.74) is 5.37. The summed E-state index contributed by atoms with van der Waals surface area (Å²) in [6, 6.07) is 8.08. The summed E-state index contributed by atoms with van der Waals surface area (Å²) in [6.07, 6.45) is 0. The van der Waals surface area contributed by atoms with Crippen LogP contribution >= 0.6 is 24.4 Å². The zero-order chi connectivity index (χ0) is 8.10. The van der Waals surface area contributed by atoms with E-state index in [9.17, 15) is 0 Å². The lowest BCUT2D eigenvalue weighted by Crippen LogP contribution is -2.00. The number of thiol groups is 1. The van der Waals surface area contributed by atoms with Gasteiger partial charge in [-0.3, -0.25) is 0 Å². The highest BCUT2D eigenvalue weighted by Crippen LogP contribution is 2.19. The zero-order valence-electron chi connectivity index (χ0n) is 6.16. The van der Waals surface area contributed by atoms with Crippen molar-refractivity contribution in [3.63, 3.8) is 0 Å². The molecule has 0 radical (unpaired) electrons. The van der Waals surface area contributed by atoms with E-state index >= 15 is 0 Å². The predicted molar refractivity (Wildman–Crippen MR) is 53.5 cm³/mol. The first-order chi connectivity index (χ1) is 5.33. The molecule has 0 aliphatic carbocycles. The van der Waals surface area contributed by atoms with Gasteiger partial charge < -0.3 is 5.73 Å². The predicted octanol–water partition coefficient (Wildman–Crippen LogP) is 2.03. The highest BCUT2D eigenvalue weighted by molar-refractivity contribution is 7.99. The smallest absolute Gasteiger partial charge is 0.0103 e. The van der Waals surface area contributed by atoms with Gasteiger partial charge in [-0.2, -0.15) is 0 Å². The van der Waals surface area contributed by atoms with E-state index in [1.54, 1.807) is 11.8 Å². The number of hydrogen-bond acceptors (Lipinski definition) is 3. The first kappa shape index (κ1) is 8.97. The third-order valence-electron chi connectivity index (χ3n) is 1.20. The highest BCUT2D eigenvalue weighted by Gasteiger charge is 1.91. The minimum Gasteiger partial charge on any atom is -0.330 e. The molecule has 0 amide bonds. The van der Waals surface area contributed by atoms with Crippen molar-refractivity contribution in [3.8, 4) is 0 Å². The fourth-order valence-corrected chi connectivity index (χ4v) is 1.80. The molecular formula is C8H11NS2. The minimum atomic E-state index is 0.724. The lowest BCUT2D eigenvalue weighted by atomic mass is 10.4. The number of nitrogens with two attached hydrogens (primary N) is 1. The second-order valence-electron chi connectivity index (χ2n) is 2.13. The van der Waals surface area contributed by atoms with Crippen LogP contribution in [0.3, 0.4) is 0 Å². The molecule has 0 atom stereocenters. The van der Waals surface area contributed by atoms with E-state index < -0.39 is 0 Å². The van der Waals surface area contributed by atoms with Crippen molar-refractivity contribution in [2.75, 3.05) is 12.3 Å². The van der Waals surface area contributed by atoms with Crippen molar-refractivity contribution >= 4 is 24.4 Å². The summed E-state index contributed by atoms with van der Waals surface area (Å²) in [5.74, 6) is 0.969. The Hall–Kier alpha value is -0.120. The summed E-state index contributed by atoms with van der Waals surface area (Å²) in [4.78, 5) is 2.25. The lowest BCUT2D eigenvalue weighted by Gasteiger charge is -1.99. The van der Waals surface area contributed by atoms with Crippen LogP contribution in [0.2, 0.25) is 0 Å². The van der Waals surface area contributed by atoms with Crippen LogP contribution in [0.15, 0.2) is 34.1 Å². The Kier molecular flexibility index (Phi) is 3.83. The van der Waals surface area contributed by atoms with Gasteiger partial charge in [0, 0.05) is 22.1 Å². The molecule has 0 aromatic heterocycles. The van der Waals surface area contributed by atoms with Gasteiger partial charge in [0.2, 0.25) is 0 Å². The minimum absolute atomic E-state index is 0.724. The molecule has 1 aromatic carbocycles. The van der Waals surface area contributed by atoms with E-state index in [0.29, 0.717) is 0 Å². The molecule has 1 aromatic rings. The Labute approximate surface area is 76.8 Å². The Morgan fingerprint density at radius 3 is 2.91 bits per heavy atom. The second kappa shape index (κ2) is 4.70. The molecule has 0 heterocycles. The molecule has 2 N–H and O–H groups in total. The summed E-state index contributed by atoms with van der Waals surface area (Å²) >= 11 is 5.99. The molecule has 0 fully saturated rings. The van der Waals surface area contributed by atoms with Gasteiger partial charge in [0.15, 0.2) is 0 Å². The standard InChI is InChI=1S/C8H11NS2/c9-4-5-11-8-3-1-2-7(10)6-8/h1-3,6,10H,4-5,9H2. The lowest BCUT2D eigenvalue weighted by molar-refractivity contribution is 1.15. The summed E-state index contributed by atoms with van der Waals surface area (Å²) in [5, 5.41) is 0. The summed E-state index contributed by atoms with van der Waals surface area (Å²) in [6.45, 7) is 0.724. The molecule has 0 saturated carbocycles. The van der Waals surface area contributed by atoms with Crippen LogP contribution < -0.4 is 5.73 Å². The van der Waals surface area contributed by atoms with Crippen LogP contribution in [0.5, 0.6) is 0 Å². The number of rotatable bonds is 3. The van der Waals surface area contributed by atoms with Crippen molar-refractivity contribution < 1.29 is 0 Å². The molecule has 60 valence electrons. The second-order valence-corrected chi connectivity index (χ2v) is 3.82. The Bertz CT molecular complexity index is 225. The maximum Gasteiger partial charge on any atom is 0.0103 e. The van der Waals surface area contributed by atoms with Crippen LogP contribution in [0.4, 0.5) is 0 Å². The zero-order valence-corrected chi connectivity index (χ0v) is 7.87. The number of benzene rings is 1. The van der Waals surface area contributed by atoms with Crippen molar-refractivity contribution in [1.82, 2.24) is 0 Å². The molecule has 1 rings (SSSR count). The van der Waals surface area contributed by atoms with Gasteiger partial charge in [-0.25, -0.2) is 0 Å². The Morgan fingerprint density at radius 2 is 2.27 bits per heavy atom. The molecule has 0 bridgehead atoms. The van der Waals surface area contributed by atoms with Crippen molar-refractivity contribution in [2.45, 2.75) is 9.79 Å². The molecule has 0 saturated heterocycles. The van der Waals surface area contributed by atoms with Gasteiger partial charge in [0.25, 0.3) is 0 Å². The fraction of sp³-hybridized carbons (Fsp3) is 0.250. The fourth-order valence-electron chi connectivity index (χ4n) is 0.750. The van der Waals surface area contributed by atoms with Crippen LogP contribution in [0.25, 0.3) is 0 Å². The summed E-state index contributed by atoms with van der Waals surface area (Å²) in [7, 11) is 0. The summed E-state index contributed by atoms with van der Waals surface area (Å²) < 4.78 is 0. The maximum atomic E-state index is 5.37. The molecule has 0 aliphatic rings. The highest BCUT2D eigenvalue weighted by atomic mass is 32.2. The molecule has 0 aliphatic heterocycles. The van der Waals surface area contributed by atoms with E-state index in [1.165, 1.54) is 4.90 Å². The quantitative estimate of drug-likeness (QED) is 0.556. The van der Waals surface area contributed by atoms with Crippen LogP contribution in [-0.2, 0) is 0 Å². The van der Waals surface area contributed by atoms with Crippen LogP contribution in [0, 0.1) is 0 Å². The van der Waals surface area contributed by atoms with E-state index in [2.05, 4.69) is 18.7 Å². The van der Waals surface area contributed by atoms with Gasteiger partial charge in [-0.1, -0.05) is 6.07 Å². The van der Waals surface area contributed by atoms with Gasteiger partial charge in [-0.15, -0.1) is 24.4 Å². The molecule has 0 spiro atoms. The van der Waals surface area contributed by atoms with E-state index in [1.807, 2.05) is 18.2 Å². The Morgan fingerprint density at radius 1 is 1.45 bits per heavy atom. The van der Waals surface area contributed by atoms with Crippen LogP contribution in [-0.4, -0.2) is 12.3 Å². The maximum absolute atomic E-state index is 5.37. The van der Waals surface area contributed by atoms with E-state index in [0.717, 1.165) is 17.2 Å². The van der Waals surface area contributed by atoms with Crippen molar-refractivity contribution in [1.29, 1.82) is 0 Å². The van der Waals surface area contributed by atoms with Crippen molar-refractivity contribution in [3.05, 3.63) is 24.3 Å². The molecule has 1 nitrogen and oxygen atoms in total. The van der Waals surface area contributed by atoms with Crippen LogP contribution in [0.1, 0.15) is 0 Å². The average molecular weight is 185 g/mol. The van der Waals surface area contributed by atoms with Gasteiger partial charge in [0.05, 0.1) is 0 Å². The van der Waals surface area contributed by atoms with Gasteiger partial charge in [0.1, 0.15) is 0 Å². The largest absolute Gasteiger partial charge is 0.330 e. The number of hydrogen-bond donors (Lipinski definition) is 2. The van der Waals surface area contributed by atoms with E-state index in [-0.39, 0.29) is 0 Å². The van der Waals surface area contributed by atoms with Gasteiger partial charge >= 0.3 is 0 Å². The normalized spacial score (nSPS) is 10.0. The molecule has 11 heavy (non-hydrogen) atoms. The first-order valence-corrected chi connectivity index (χ1v) is 4.88. The third kappa shape index (κ3) is 3.18. The van der Waals surface area contributed by atoms with Gasteiger partial charge in [-0.05, 0) is 18.2 Å². The molecule has 0 unspecified atom stereocenters. The molecular weight excluding hydrogens is 174 g/mol. The van der Waals surface area contributed by atoms with Crippen molar-refractivity contribution in [2.24, 2.45) is 5.73 Å². The van der Waals surface area contributed by atoms with E-state index in [4.69, 9.17) is 5.73 Å². The topological polar surface area (TPSA) is 26.0 Å². The third-order valence-corrected chi connectivity index (χ3v) is 2.51.